The second-order valence-corrected chi connectivity index (χ2v) is 10.4. The summed E-state index contributed by atoms with van der Waals surface area (Å²) >= 11 is 0. The van der Waals surface area contributed by atoms with Crippen molar-refractivity contribution in [1.29, 1.82) is 0 Å². The number of hydrogen-bond acceptors (Lipinski definition) is 5. The smallest absolute Gasteiger partial charge is 0.335 e. The molecule has 0 amide bonds. The average molecular weight is 546 g/mol. The molecule has 3 atom stereocenters. The van der Waals surface area contributed by atoms with Crippen molar-refractivity contribution in [2.45, 2.75) is 51.9 Å². The minimum Gasteiger partial charge on any atom is -0.479 e. The summed E-state index contributed by atoms with van der Waals surface area (Å²) in [6.07, 6.45) is 3.48. The lowest BCUT2D eigenvalue weighted by Crippen LogP contribution is -2.41. The van der Waals surface area contributed by atoms with Crippen LogP contribution in [0.15, 0.2) is 72.8 Å². The van der Waals surface area contributed by atoms with Gasteiger partial charge in [-0.2, -0.15) is 0 Å². The van der Waals surface area contributed by atoms with Crippen molar-refractivity contribution < 1.29 is 28.9 Å². The van der Waals surface area contributed by atoms with E-state index in [1.807, 2.05) is 71.6 Å². The van der Waals surface area contributed by atoms with E-state index in [0.29, 0.717) is 23.4 Å². The van der Waals surface area contributed by atoms with Crippen molar-refractivity contribution in [3.8, 4) is 0 Å². The first-order chi connectivity index (χ1) is 19.2. The number of halogens is 1. The van der Waals surface area contributed by atoms with Crippen LogP contribution in [0.4, 0.5) is 10.1 Å². The van der Waals surface area contributed by atoms with Gasteiger partial charge < -0.3 is 19.8 Å². The van der Waals surface area contributed by atoms with Crippen LogP contribution in [0.25, 0.3) is 6.08 Å². The first kappa shape index (κ1) is 29.2. The van der Waals surface area contributed by atoms with Crippen LogP contribution in [0.5, 0.6) is 0 Å². The van der Waals surface area contributed by atoms with Crippen LogP contribution in [0.2, 0.25) is 0 Å². The van der Waals surface area contributed by atoms with E-state index in [1.165, 1.54) is 6.07 Å². The first-order valence-electron chi connectivity index (χ1n) is 13.6. The van der Waals surface area contributed by atoms with Crippen molar-refractivity contribution in [3.63, 3.8) is 0 Å². The molecule has 210 valence electrons. The number of Topliss-reactive ketones (excluding diaryl/α,β-unsaturated/α-hetero) is 1. The molecule has 3 aromatic rings. The monoisotopic (exact) mass is 545 g/mol. The van der Waals surface area contributed by atoms with Gasteiger partial charge in [0.05, 0.1) is 24.8 Å². The van der Waals surface area contributed by atoms with Gasteiger partial charge in [0.2, 0.25) is 0 Å². The fourth-order valence-corrected chi connectivity index (χ4v) is 5.43. The van der Waals surface area contributed by atoms with E-state index in [2.05, 4.69) is 20.8 Å². The number of ether oxygens (including phenoxy) is 1. The predicted octanol–water partition coefficient (Wildman–Crippen LogP) is 5.87. The molecule has 0 bridgehead atoms. The molecule has 0 spiro atoms. The summed E-state index contributed by atoms with van der Waals surface area (Å²) in [5.74, 6) is -1.97. The molecule has 6 nitrogen and oxygen atoms in total. The van der Waals surface area contributed by atoms with Gasteiger partial charge >= 0.3 is 5.97 Å². The third-order valence-electron chi connectivity index (χ3n) is 7.41. The van der Waals surface area contributed by atoms with E-state index >= 15 is 4.39 Å². The maximum absolute atomic E-state index is 15.3. The molecule has 2 N–H and O–H groups in total. The summed E-state index contributed by atoms with van der Waals surface area (Å²) in [5, 5.41) is 18.2. The minimum atomic E-state index is -1.28. The molecule has 0 aromatic heterocycles. The van der Waals surface area contributed by atoms with Gasteiger partial charge in [0.15, 0.2) is 11.9 Å². The summed E-state index contributed by atoms with van der Waals surface area (Å²) in [6.45, 7) is 6.04. The van der Waals surface area contributed by atoms with Crippen molar-refractivity contribution in [2.24, 2.45) is 5.92 Å². The standard InChI is InChI=1S/C33H36FNO5/c1-4-22-13-15-25(16-14-22)32(37)29-26-11-6-12-27(34)31(26)35(30(29)21(2)3)17-7-10-23-8-5-9-24(18-23)20-40-28(19-36)33(38)39/h5-16,18,21,28-30,36H,4,17,19-20H2,1-3H3,(H,38,39)/b10-7+/t28-,29?,30?/m0/s1. The van der Waals surface area contributed by atoms with Gasteiger partial charge in [-0.1, -0.05) is 87.5 Å². The maximum Gasteiger partial charge on any atom is 0.335 e. The van der Waals surface area contributed by atoms with E-state index in [4.69, 9.17) is 14.9 Å². The number of aliphatic carboxylic acids is 1. The highest BCUT2D eigenvalue weighted by atomic mass is 19.1. The number of carboxylic acids is 1. The molecule has 0 fully saturated rings. The number of carbonyl (C=O) groups is 2. The van der Waals surface area contributed by atoms with E-state index in [1.54, 1.807) is 6.07 Å². The summed E-state index contributed by atoms with van der Waals surface area (Å²) in [7, 11) is 0. The molecule has 1 heterocycles. The van der Waals surface area contributed by atoms with Gasteiger partial charge in [0, 0.05) is 18.2 Å². The molecule has 4 rings (SSSR count). The van der Waals surface area contributed by atoms with Gasteiger partial charge in [0.25, 0.3) is 0 Å². The molecule has 0 aliphatic carbocycles. The fourth-order valence-electron chi connectivity index (χ4n) is 5.43. The molecule has 3 aromatic carbocycles. The Labute approximate surface area is 234 Å². The Bertz CT molecular complexity index is 1370. The van der Waals surface area contributed by atoms with Gasteiger partial charge in [-0.25, -0.2) is 9.18 Å². The van der Waals surface area contributed by atoms with Crippen LogP contribution in [0.1, 0.15) is 59.3 Å². The molecule has 40 heavy (non-hydrogen) atoms. The summed E-state index contributed by atoms with van der Waals surface area (Å²) in [5.41, 5.74) is 4.61. The maximum atomic E-state index is 15.3. The van der Waals surface area contributed by atoms with Gasteiger partial charge in [-0.05, 0) is 46.7 Å². The van der Waals surface area contributed by atoms with Crippen LogP contribution in [-0.2, 0) is 22.6 Å². The normalized spacial score (nSPS) is 17.4. The van der Waals surface area contributed by atoms with Crippen molar-refractivity contribution >= 4 is 23.5 Å². The fraction of sp³-hybridized carbons (Fsp3) is 0.333. The second kappa shape index (κ2) is 13.0. The number of carboxylic acid groups (broad SMARTS) is 1. The lowest BCUT2D eigenvalue weighted by molar-refractivity contribution is -0.153. The number of aryl methyl sites for hydroxylation is 1. The SMILES string of the molecule is CCc1ccc(C(=O)C2c3cccc(F)c3N(C/C=C/c3cccc(CO[C@@H](CO)C(=O)O)c3)C2C(C)C)cc1. The third-order valence-corrected chi connectivity index (χ3v) is 7.41. The molecule has 0 saturated heterocycles. The third kappa shape index (κ3) is 6.32. The van der Waals surface area contributed by atoms with Gasteiger partial charge in [0.1, 0.15) is 5.82 Å². The lowest BCUT2D eigenvalue weighted by Gasteiger charge is -2.32. The molecule has 2 unspecified atom stereocenters. The Morgan fingerprint density at radius 3 is 2.42 bits per heavy atom. The topological polar surface area (TPSA) is 87.1 Å². The number of aliphatic hydroxyl groups is 1. The highest BCUT2D eigenvalue weighted by molar-refractivity contribution is 6.04. The molecule has 0 radical (unpaired) electrons. The Hall–Kier alpha value is -3.81. The molecule has 7 heteroatoms. The second-order valence-electron chi connectivity index (χ2n) is 10.4. The van der Waals surface area contributed by atoms with Gasteiger partial charge in [-0.3, -0.25) is 4.79 Å². The van der Waals surface area contributed by atoms with Crippen molar-refractivity contribution in [1.82, 2.24) is 0 Å². The number of anilines is 1. The van der Waals surface area contributed by atoms with E-state index in [0.717, 1.165) is 23.1 Å². The zero-order valence-electron chi connectivity index (χ0n) is 23.1. The number of rotatable bonds is 12. The van der Waals surface area contributed by atoms with Crippen LogP contribution in [-0.4, -0.2) is 47.3 Å². The number of fused-ring (bicyclic) bond motifs is 1. The van der Waals surface area contributed by atoms with Gasteiger partial charge in [-0.15, -0.1) is 0 Å². The number of aliphatic hydroxyl groups excluding tert-OH is 1. The predicted molar refractivity (Wildman–Crippen MR) is 154 cm³/mol. The van der Waals surface area contributed by atoms with Crippen molar-refractivity contribution in [3.05, 3.63) is 106 Å². The Morgan fingerprint density at radius 1 is 1.05 bits per heavy atom. The highest BCUT2D eigenvalue weighted by Gasteiger charge is 2.45. The zero-order chi connectivity index (χ0) is 28.8. The number of nitrogens with zero attached hydrogens (tertiary/aromatic N) is 1. The quantitative estimate of drug-likeness (QED) is 0.277. The van der Waals surface area contributed by atoms with Crippen LogP contribution >= 0.6 is 0 Å². The molecular formula is C33H36FNO5. The van der Waals surface area contributed by atoms with E-state index in [-0.39, 0.29) is 30.2 Å². The van der Waals surface area contributed by atoms with E-state index in [9.17, 15) is 9.59 Å². The Morgan fingerprint density at radius 2 is 1.77 bits per heavy atom. The molecule has 1 aliphatic rings. The first-order valence-corrected chi connectivity index (χ1v) is 13.6. The molecular weight excluding hydrogens is 509 g/mol. The number of hydrogen-bond donors (Lipinski definition) is 2. The minimum absolute atomic E-state index is 0.00470. The number of ketones is 1. The Balaban J connectivity index is 1.58. The highest BCUT2D eigenvalue weighted by Crippen LogP contribution is 2.46. The lowest BCUT2D eigenvalue weighted by atomic mass is 9.82. The Kier molecular flexibility index (Phi) is 9.50. The van der Waals surface area contributed by atoms with E-state index < -0.39 is 24.6 Å². The number of carbonyl (C=O) groups excluding carboxylic acids is 1. The van der Waals surface area contributed by atoms with Crippen LogP contribution in [0.3, 0.4) is 0 Å². The van der Waals surface area contributed by atoms with Crippen molar-refractivity contribution in [2.75, 3.05) is 18.1 Å². The average Bonchev–Trinajstić information content (AvgIpc) is 3.29. The summed E-state index contributed by atoms with van der Waals surface area (Å²) < 4.78 is 20.6. The van der Waals surface area contributed by atoms with Crippen LogP contribution < -0.4 is 4.90 Å². The largest absolute Gasteiger partial charge is 0.479 e. The summed E-state index contributed by atoms with van der Waals surface area (Å²) in [6, 6.07) is 19.9. The number of para-hydroxylation sites is 1. The zero-order valence-corrected chi connectivity index (χ0v) is 23.1. The number of benzene rings is 3. The molecule has 1 aliphatic heterocycles. The molecule has 0 saturated carbocycles. The van der Waals surface area contributed by atoms with Crippen LogP contribution in [0, 0.1) is 11.7 Å². The summed E-state index contributed by atoms with van der Waals surface area (Å²) in [4.78, 5) is 27.0.